The van der Waals surface area contributed by atoms with E-state index < -0.39 is 0 Å². The number of thiophene rings is 1. The second-order valence-corrected chi connectivity index (χ2v) is 14.6. The zero-order chi connectivity index (χ0) is 36.6. The molecule has 0 bridgehead atoms. The summed E-state index contributed by atoms with van der Waals surface area (Å²) in [6.45, 7) is 0. The molecule has 7 aromatic carbocycles. The average Bonchev–Trinajstić information content (AvgIpc) is 3.65. The van der Waals surface area contributed by atoms with Crippen molar-refractivity contribution in [2.75, 3.05) is 0 Å². The maximum atomic E-state index is 5.24. The third-order valence-corrected chi connectivity index (χ3v) is 11.0. The molecule has 0 aliphatic rings. The van der Waals surface area contributed by atoms with Gasteiger partial charge in [-0.05, 0) is 59.7 Å². The minimum absolute atomic E-state index is 0.676. The molecule has 0 aliphatic carbocycles. The van der Waals surface area contributed by atoms with Gasteiger partial charge in [-0.25, -0.2) is 19.9 Å². The molecule has 0 N–H and O–H groups in total. The van der Waals surface area contributed by atoms with Crippen LogP contribution >= 0.6 is 11.3 Å². The molecule has 0 atom stereocenters. The number of hydrogen-bond donors (Lipinski definition) is 0. The van der Waals surface area contributed by atoms with Crippen LogP contribution in [0.2, 0.25) is 0 Å². The Balaban J connectivity index is 1.23. The van der Waals surface area contributed by atoms with Gasteiger partial charge in [0, 0.05) is 53.6 Å². The second-order valence-electron chi connectivity index (χ2n) is 13.5. The molecule has 0 saturated heterocycles. The first-order chi connectivity index (χ1) is 27.2. The number of nitrogens with zero attached hydrogens (tertiary/aromatic N) is 4. The van der Waals surface area contributed by atoms with Gasteiger partial charge in [0.1, 0.15) is 0 Å². The number of rotatable bonds is 7. The summed E-state index contributed by atoms with van der Waals surface area (Å²) in [5.74, 6) is 1.35. The molecule has 5 heteroatoms. The monoisotopic (exact) mass is 720 g/mol. The first kappa shape index (κ1) is 32.6. The lowest BCUT2D eigenvalue weighted by Gasteiger charge is -2.14. The standard InChI is InChI=1S/C50H32N4S/c1-5-15-33(16-6-1)43-31-45(53-49(51-43)35-19-9-3-10-20-35)39-27-38(37-25-26-48-42(30-37)41-23-13-14-24-47(41)55-48)28-40(29-39)46-32-44(34-17-7-2-8-18-34)52-50(54-46)36-21-11-4-12-22-36/h1-32H. The molecule has 0 saturated carbocycles. The quantitative estimate of drug-likeness (QED) is 0.164. The SMILES string of the molecule is c1ccc(-c2cc(-c3cc(-c4ccc5sc6ccccc6c5c4)cc(-c4cc(-c5ccccc5)nc(-c5ccccc5)n4)c3)nc(-c3ccccc3)n2)cc1. The minimum atomic E-state index is 0.676. The summed E-state index contributed by atoms with van der Waals surface area (Å²) in [6, 6.07) is 67.4. The van der Waals surface area contributed by atoms with Crippen LogP contribution in [0.1, 0.15) is 0 Å². The zero-order valence-electron chi connectivity index (χ0n) is 29.7. The van der Waals surface area contributed by atoms with E-state index in [1.54, 1.807) is 0 Å². The van der Waals surface area contributed by atoms with Gasteiger partial charge in [-0.2, -0.15) is 0 Å². The van der Waals surface area contributed by atoms with Gasteiger partial charge >= 0.3 is 0 Å². The summed E-state index contributed by atoms with van der Waals surface area (Å²) >= 11 is 1.83. The summed E-state index contributed by atoms with van der Waals surface area (Å²) in [5, 5.41) is 2.52. The molecule has 0 unspecified atom stereocenters. The van der Waals surface area contributed by atoms with Crippen LogP contribution in [0.25, 0.3) is 99.1 Å². The van der Waals surface area contributed by atoms with Crippen LogP contribution in [0.4, 0.5) is 0 Å². The van der Waals surface area contributed by atoms with Crippen LogP contribution in [0.15, 0.2) is 194 Å². The topological polar surface area (TPSA) is 51.6 Å². The Hall–Kier alpha value is -7.08. The van der Waals surface area contributed by atoms with E-state index in [1.807, 2.05) is 84.1 Å². The number of benzene rings is 7. The van der Waals surface area contributed by atoms with Crippen molar-refractivity contribution in [1.29, 1.82) is 0 Å². The fourth-order valence-corrected chi connectivity index (χ4v) is 8.22. The van der Waals surface area contributed by atoms with E-state index in [-0.39, 0.29) is 0 Å². The van der Waals surface area contributed by atoms with Gasteiger partial charge < -0.3 is 0 Å². The van der Waals surface area contributed by atoms with Crippen molar-refractivity contribution in [1.82, 2.24) is 19.9 Å². The fourth-order valence-electron chi connectivity index (χ4n) is 7.13. The highest BCUT2D eigenvalue weighted by Crippen LogP contribution is 2.39. The maximum absolute atomic E-state index is 5.24. The van der Waals surface area contributed by atoms with Gasteiger partial charge in [0.2, 0.25) is 0 Å². The van der Waals surface area contributed by atoms with Crippen LogP contribution in [0.3, 0.4) is 0 Å². The van der Waals surface area contributed by atoms with Gasteiger partial charge in [0.15, 0.2) is 11.6 Å². The highest BCUT2D eigenvalue weighted by Gasteiger charge is 2.17. The van der Waals surface area contributed by atoms with Crippen LogP contribution < -0.4 is 0 Å². The Morgan fingerprint density at radius 1 is 0.255 bits per heavy atom. The van der Waals surface area contributed by atoms with E-state index in [1.165, 1.54) is 20.2 Å². The largest absolute Gasteiger partial charge is 0.228 e. The molecule has 10 rings (SSSR count). The average molecular weight is 721 g/mol. The Bertz CT molecular complexity index is 2700. The summed E-state index contributed by atoms with van der Waals surface area (Å²) in [4.78, 5) is 20.6. The molecule has 0 fully saturated rings. The number of hydrogen-bond acceptors (Lipinski definition) is 5. The van der Waals surface area contributed by atoms with Crippen molar-refractivity contribution in [3.8, 4) is 78.9 Å². The van der Waals surface area contributed by atoms with E-state index >= 15 is 0 Å². The molecule has 10 aromatic rings. The second kappa shape index (κ2) is 14.0. The van der Waals surface area contributed by atoms with Gasteiger partial charge in [-0.15, -0.1) is 11.3 Å². The van der Waals surface area contributed by atoms with Crippen LogP contribution in [0, 0.1) is 0 Å². The van der Waals surface area contributed by atoms with E-state index in [0.717, 1.165) is 67.3 Å². The molecule has 0 aliphatic heterocycles. The Morgan fingerprint density at radius 3 is 1.16 bits per heavy atom. The summed E-state index contributed by atoms with van der Waals surface area (Å²) < 4.78 is 2.56. The van der Waals surface area contributed by atoms with Crippen molar-refractivity contribution in [3.05, 3.63) is 194 Å². The predicted molar refractivity (Wildman–Crippen MR) is 229 cm³/mol. The Kier molecular flexibility index (Phi) is 8.32. The van der Waals surface area contributed by atoms with Crippen molar-refractivity contribution in [2.24, 2.45) is 0 Å². The fraction of sp³-hybridized carbons (Fsp3) is 0. The molecule has 0 amide bonds. The molecule has 3 heterocycles. The van der Waals surface area contributed by atoms with E-state index in [2.05, 4.69) is 121 Å². The van der Waals surface area contributed by atoms with Crippen LogP contribution in [-0.2, 0) is 0 Å². The van der Waals surface area contributed by atoms with Crippen molar-refractivity contribution >= 4 is 31.5 Å². The van der Waals surface area contributed by atoms with E-state index in [0.29, 0.717) is 11.6 Å². The third-order valence-electron chi connectivity index (χ3n) is 9.89. The number of fused-ring (bicyclic) bond motifs is 3. The lowest BCUT2D eigenvalue weighted by Crippen LogP contribution is -1.98. The minimum Gasteiger partial charge on any atom is -0.228 e. The van der Waals surface area contributed by atoms with E-state index in [9.17, 15) is 0 Å². The lowest BCUT2D eigenvalue weighted by molar-refractivity contribution is 1.18. The lowest BCUT2D eigenvalue weighted by atomic mass is 9.95. The summed E-state index contributed by atoms with van der Waals surface area (Å²) in [7, 11) is 0. The molecule has 0 spiro atoms. The number of aromatic nitrogens is 4. The smallest absolute Gasteiger partial charge is 0.160 e. The Labute approximate surface area is 323 Å². The molecule has 258 valence electrons. The maximum Gasteiger partial charge on any atom is 0.160 e. The zero-order valence-corrected chi connectivity index (χ0v) is 30.5. The highest BCUT2D eigenvalue weighted by molar-refractivity contribution is 7.25. The summed E-state index contributed by atoms with van der Waals surface area (Å²) in [6.07, 6.45) is 0. The van der Waals surface area contributed by atoms with Gasteiger partial charge in [0.25, 0.3) is 0 Å². The molecular weight excluding hydrogens is 689 g/mol. The predicted octanol–water partition coefficient (Wildman–Crippen LogP) is 13.3. The molecule has 55 heavy (non-hydrogen) atoms. The molecular formula is C50H32N4S. The van der Waals surface area contributed by atoms with Crippen molar-refractivity contribution < 1.29 is 0 Å². The molecule has 0 radical (unpaired) electrons. The van der Waals surface area contributed by atoms with Crippen molar-refractivity contribution in [3.63, 3.8) is 0 Å². The first-order valence-electron chi connectivity index (χ1n) is 18.3. The Morgan fingerprint density at radius 2 is 0.655 bits per heavy atom. The highest BCUT2D eigenvalue weighted by atomic mass is 32.1. The third kappa shape index (κ3) is 6.48. The molecule has 3 aromatic heterocycles. The van der Waals surface area contributed by atoms with E-state index in [4.69, 9.17) is 19.9 Å². The van der Waals surface area contributed by atoms with Crippen LogP contribution in [-0.4, -0.2) is 19.9 Å². The van der Waals surface area contributed by atoms with Gasteiger partial charge in [0.05, 0.1) is 22.8 Å². The van der Waals surface area contributed by atoms with Crippen LogP contribution in [0.5, 0.6) is 0 Å². The summed E-state index contributed by atoms with van der Waals surface area (Å²) in [5.41, 5.74) is 11.5. The molecule has 4 nitrogen and oxygen atoms in total. The normalized spacial score (nSPS) is 11.3. The van der Waals surface area contributed by atoms with Gasteiger partial charge in [-0.3, -0.25) is 0 Å². The van der Waals surface area contributed by atoms with Gasteiger partial charge in [-0.1, -0.05) is 146 Å². The first-order valence-corrected chi connectivity index (χ1v) is 19.1. The van der Waals surface area contributed by atoms with Crippen molar-refractivity contribution in [2.45, 2.75) is 0 Å².